The zero-order valence-electron chi connectivity index (χ0n) is 30.8. The Kier molecular flexibility index (Phi) is 11.8. The molecule has 2 fully saturated rings. The summed E-state index contributed by atoms with van der Waals surface area (Å²) in [7, 11) is 1.72. The van der Waals surface area contributed by atoms with Crippen LogP contribution in [0.15, 0.2) is 72.8 Å². The number of benzene rings is 3. The van der Waals surface area contributed by atoms with Gasteiger partial charge in [0.15, 0.2) is 0 Å². The molecule has 0 unspecified atom stereocenters. The van der Waals surface area contributed by atoms with E-state index in [1.54, 1.807) is 7.11 Å². The van der Waals surface area contributed by atoms with Gasteiger partial charge in [-0.2, -0.15) is 0 Å². The molecule has 3 N–H and O–H groups in total. The van der Waals surface area contributed by atoms with E-state index in [4.69, 9.17) is 14.5 Å². The standard InChI is InChI=1S/C41H52N6O5/c1-41(2,3)52-40(50)44-34(25-28-12-14-29(15-13-28)30-16-18-32(19-17-30)42-39(49)43-33-20-21-33)26-37(48)46-22-7-9-31(27-46)38-45-35-10-5-6-11-36(35)47(38)23-8-24-51-4/h5-6,10-19,31,33-34H,7-9,20-27H2,1-4H3,(H,44,50)(H2,42,43,49)/t31-,34-/m1/s1. The first-order valence-electron chi connectivity index (χ1n) is 18.5. The van der Waals surface area contributed by atoms with E-state index in [0.717, 1.165) is 77.9 Å². The van der Waals surface area contributed by atoms with Gasteiger partial charge < -0.3 is 34.9 Å². The highest BCUT2D eigenvalue weighted by atomic mass is 16.6. The molecule has 2 heterocycles. The zero-order chi connectivity index (χ0) is 36.7. The van der Waals surface area contributed by atoms with Crippen molar-refractivity contribution in [2.24, 2.45) is 0 Å². The minimum absolute atomic E-state index is 0.00364. The van der Waals surface area contributed by atoms with E-state index in [0.29, 0.717) is 32.2 Å². The monoisotopic (exact) mass is 708 g/mol. The summed E-state index contributed by atoms with van der Waals surface area (Å²) in [6.07, 6.45) is 4.88. The van der Waals surface area contributed by atoms with Crippen LogP contribution in [0.2, 0.25) is 0 Å². The number of aryl methyl sites for hydroxylation is 1. The van der Waals surface area contributed by atoms with Crippen molar-refractivity contribution in [3.63, 3.8) is 0 Å². The van der Waals surface area contributed by atoms with E-state index in [1.165, 1.54) is 0 Å². The maximum Gasteiger partial charge on any atom is 0.407 e. The molecule has 1 aliphatic heterocycles. The molecular formula is C41H52N6O5. The van der Waals surface area contributed by atoms with Crippen LogP contribution < -0.4 is 16.0 Å². The first-order valence-corrected chi connectivity index (χ1v) is 18.5. The number of amides is 4. The van der Waals surface area contributed by atoms with Gasteiger partial charge in [-0.1, -0.05) is 48.5 Å². The Morgan fingerprint density at radius 1 is 0.942 bits per heavy atom. The number of carbonyl (C=O) groups is 3. The zero-order valence-corrected chi connectivity index (χ0v) is 30.8. The number of likely N-dealkylation sites (tertiary alicyclic amines) is 1. The van der Waals surface area contributed by atoms with Crippen molar-refractivity contribution in [3.8, 4) is 11.1 Å². The smallest absolute Gasteiger partial charge is 0.407 e. The number of imidazole rings is 1. The van der Waals surface area contributed by atoms with Crippen LogP contribution in [-0.2, 0) is 27.2 Å². The number of anilines is 1. The Balaban J connectivity index is 1.12. The number of urea groups is 1. The van der Waals surface area contributed by atoms with Gasteiger partial charge in [0.1, 0.15) is 11.4 Å². The highest BCUT2D eigenvalue weighted by Crippen LogP contribution is 2.30. The predicted octanol–water partition coefficient (Wildman–Crippen LogP) is 7.26. The quantitative estimate of drug-likeness (QED) is 0.126. The number of para-hydroxylation sites is 2. The summed E-state index contributed by atoms with van der Waals surface area (Å²) >= 11 is 0. The number of methoxy groups -OCH3 is 1. The van der Waals surface area contributed by atoms with Crippen LogP contribution in [0.3, 0.4) is 0 Å². The average molecular weight is 709 g/mol. The highest BCUT2D eigenvalue weighted by Gasteiger charge is 2.31. The summed E-state index contributed by atoms with van der Waals surface area (Å²) in [5, 5.41) is 8.81. The summed E-state index contributed by atoms with van der Waals surface area (Å²) in [5.41, 5.74) is 5.18. The van der Waals surface area contributed by atoms with Crippen LogP contribution in [0.5, 0.6) is 0 Å². The number of alkyl carbamates (subject to hydrolysis) is 1. The number of fused-ring (bicyclic) bond motifs is 1. The molecule has 4 aromatic rings. The van der Waals surface area contributed by atoms with Gasteiger partial charge in [0.2, 0.25) is 5.91 Å². The minimum Gasteiger partial charge on any atom is -0.444 e. The molecule has 11 heteroatoms. The number of hydrogen-bond donors (Lipinski definition) is 3. The van der Waals surface area contributed by atoms with Crippen molar-refractivity contribution in [2.45, 2.75) is 95.9 Å². The first-order chi connectivity index (χ1) is 25.0. The van der Waals surface area contributed by atoms with Crippen molar-refractivity contribution in [2.75, 3.05) is 32.1 Å². The molecule has 0 bridgehead atoms. The molecule has 1 saturated carbocycles. The van der Waals surface area contributed by atoms with Gasteiger partial charge in [-0.25, -0.2) is 14.6 Å². The van der Waals surface area contributed by atoms with Gasteiger partial charge in [-0.3, -0.25) is 4.79 Å². The summed E-state index contributed by atoms with van der Waals surface area (Å²) in [4.78, 5) is 46.0. The summed E-state index contributed by atoms with van der Waals surface area (Å²) in [6, 6.07) is 23.7. The molecule has 52 heavy (non-hydrogen) atoms. The van der Waals surface area contributed by atoms with E-state index in [2.05, 4.69) is 26.6 Å². The lowest BCUT2D eigenvalue weighted by Crippen LogP contribution is -2.46. The van der Waals surface area contributed by atoms with Crippen LogP contribution >= 0.6 is 0 Å². The molecular weight excluding hydrogens is 656 g/mol. The third-order valence-corrected chi connectivity index (χ3v) is 9.52. The minimum atomic E-state index is -0.665. The Morgan fingerprint density at radius 3 is 2.35 bits per heavy atom. The Morgan fingerprint density at radius 2 is 1.65 bits per heavy atom. The van der Waals surface area contributed by atoms with Crippen molar-refractivity contribution < 1.29 is 23.9 Å². The number of hydrogen-bond acceptors (Lipinski definition) is 6. The van der Waals surface area contributed by atoms with E-state index in [1.807, 2.05) is 92.4 Å². The molecule has 1 aromatic heterocycles. The number of rotatable bonds is 13. The van der Waals surface area contributed by atoms with Gasteiger partial charge >= 0.3 is 12.1 Å². The number of nitrogens with zero attached hydrogens (tertiary/aromatic N) is 3. The number of ether oxygens (including phenoxy) is 2. The lowest BCUT2D eigenvalue weighted by molar-refractivity contribution is -0.133. The number of piperidine rings is 1. The maximum atomic E-state index is 14.0. The molecule has 6 rings (SSSR count). The molecule has 1 aliphatic carbocycles. The molecule has 3 aromatic carbocycles. The van der Waals surface area contributed by atoms with Gasteiger partial charge in [-0.15, -0.1) is 0 Å². The predicted molar refractivity (Wildman–Crippen MR) is 203 cm³/mol. The second-order valence-corrected chi connectivity index (χ2v) is 15.0. The molecule has 0 spiro atoms. The normalized spacial score (nSPS) is 16.7. The number of aromatic nitrogens is 2. The third-order valence-electron chi connectivity index (χ3n) is 9.52. The van der Waals surface area contributed by atoms with Crippen molar-refractivity contribution >= 4 is 34.8 Å². The lowest BCUT2D eigenvalue weighted by atomic mass is 9.95. The van der Waals surface area contributed by atoms with E-state index < -0.39 is 17.7 Å². The second kappa shape index (κ2) is 16.6. The summed E-state index contributed by atoms with van der Waals surface area (Å²) < 4.78 is 13.2. The average Bonchev–Trinajstić information content (AvgIpc) is 3.85. The molecule has 2 atom stereocenters. The SMILES string of the molecule is COCCCn1c([C@@H]2CCCN(C(=O)C[C@@H](Cc3ccc(-c4ccc(NC(=O)NC5CC5)cc4)cc3)NC(=O)OC(C)(C)C)C2)nc2ccccc21. The molecule has 1 saturated heterocycles. The molecule has 4 amide bonds. The van der Waals surface area contributed by atoms with Gasteiger partial charge in [0, 0.05) is 63.5 Å². The van der Waals surface area contributed by atoms with Crippen LogP contribution in [0.4, 0.5) is 15.3 Å². The van der Waals surface area contributed by atoms with Crippen molar-refractivity contribution in [3.05, 3.63) is 84.2 Å². The molecule has 0 radical (unpaired) electrons. The Hall–Kier alpha value is -4.90. The largest absolute Gasteiger partial charge is 0.444 e. The molecule has 276 valence electrons. The topological polar surface area (TPSA) is 127 Å². The van der Waals surface area contributed by atoms with Crippen LogP contribution in [0.1, 0.15) is 76.6 Å². The fourth-order valence-electron chi connectivity index (χ4n) is 6.85. The van der Waals surface area contributed by atoms with Crippen LogP contribution in [0, 0.1) is 0 Å². The van der Waals surface area contributed by atoms with E-state index in [9.17, 15) is 14.4 Å². The van der Waals surface area contributed by atoms with Gasteiger partial charge in [0.05, 0.1) is 11.0 Å². The van der Waals surface area contributed by atoms with Crippen molar-refractivity contribution in [1.29, 1.82) is 0 Å². The molecule has 2 aliphatic rings. The highest BCUT2D eigenvalue weighted by molar-refractivity contribution is 5.90. The molecule has 11 nitrogen and oxygen atoms in total. The van der Waals surface area contributed by atoms with Crippen molar-refractivity contribution in [1.82, 2.24) is 25.1 Å². The Labute approximate surface area is 306 Å². The number of carbonyl (C=O) groups excluding carboxylic acids is 3. The van der Waals surface area contributed by atoms with E-state index >= 15 is 0 Å². The third kappa shape index (κ3) is 10.1. The number of nitrogens with one attached hydrogen (secondary N) is 3. The lowest BCUT2D eigenvalue weighted by Gasteiger charge is -2.34. The maximum absolute atomic E-state index is 14.0. The fraction of sp³-hybridized carbons (Fsp3) is 0.463. The van der Waals surface area contributed by atoms with Gasteiger partial charge in [-0.05, 0) is 100 Å². The summed E-state index contributed by atoms with van der Waals surface area (Å²) in [5.74, 6) is 1.13. The summed E-state index contributed by atoms with van der Waals surface area (Å²) in [6.45, 7) is 8.21. The van der Waals surface area contributed by atoms with Crippen LogP contribution in [0.25, 0.3) is 22.2 Å². The second-order valence-electron chi connectivity index (χ2n) is 15.0. The Bertz CT molecular complexity index is 1830. The first kappa shape index (κ1) is 36.9. The van der Waals surface area contributed by atoms with Crippen LogP contribution in [-0.4, -0.2) is 77.0 Å². The van der Waals surface area contributed by atoms with Gasteiger partial charge in [0.25, 0.3) is 0 Å². The fourth-order valence-corrected chi connectivity index (χ4v) is 6.85. The van der Waals surface area contributed by atoms with E-state index in [-0.39, 0.29) is 24.3 Å².